The summed E-state index contributed by atoms with van der Waals surface area (Å²) in [5, 5.41) is 9.92. The molecule has 8 heteroatoms. The lowest BCUT2D eigenvalue weighted by Crippen LogP contribution is -2.19. The van der Waals surface area contributed by atoms with Gasteiger partial charge in [-0.2, -0.15) is 10.1 Å². The van der Waals surface area contributed by atoms with Gasteiger partial charge in [0.25, 0.3) is 11.7 Å². The summed E-state index contributed by atoms with van der Waals surface area (Å²) in [5.41, 5.74) is 6.64. The van der Waals surface area contributed by atoms with Crippen LogP contribution in [0.5, 0.6) is 0 Å². The average molecular weight is 236 g/mol. The molecule has 3 N–H and O–H groups in total. The fourth-order valence-electron chi connectivity index (χ4n) is 1.31. The summed E-state index contributed by atoms with van der Waals surface area (Å²) in [6.45, 7) is 0. The third-order valence-electron chi connectivity index (χ3n) is 2.22. The van der Waals surface area contributed by atoms with E-state index >= 15 is 0 Å². The van der Waals surface area contributed by atoms with Gasteiger partial charge in [-0.25, -0.2) is 0 Å². The van der Waals surface area contributed by atoms with Gasteiger partial charge in [0.05, 0.1) is 6.20 Å². The van der Waals surface area contributed by atoms with Gasteiger partial charge < -0.3 is 15.6 Å². The molecule has 0 bridgehead atoms. The third kappa shape index (κ3) is 2.16. The van der Waals surface area contributed by atoms with Gasteiger partial charge in [-0.3, -0.25) is 9.48 Å². The van der Waals surface area contributed by atoms with Crippen LogP contribution in [0.3, 0.4) is 0 Å². The van der Waals surface area contributed by atoms with Crippen molar-refractivity contribution in [2.45, 2.75) is 6.04 Å². The number of aryl methyl sites for hydroxylation is 1. The standard InChI is InChI=1S/C9H12N6O2/c1-11-8(16)7-13-9(17-14-7)6(10)5-3-12-15(2)4-5/h3-4,6H,10H2,1-2H3,(H,11,16). The number of nitrogens with one attached hydrogen (secondary N) is 1. The first-order chi connectivity index (χ1) is 8.11. The zero-order chi connectivity index (χ0) is 12.4. The van der Waals surface area contributed by atoms with E-state index in [0.29, 0.717) is 0 Å². The molecule has 0 aliphatic rings. The summed E-state index contributed by atoms with van der Waals surface area (Å²) in [6.07, 6.45) is 3.35. The van der Waals surface area contributed by atoms with Gasteiger partial charge in [0.15, 0.2) is 0 Å². The smallest absolute Gasteiger partial charge is 0.292 e. The van der Waals surface area contributed by atoms with E-state index in [1.165, 1.54) is 7.05 Å². The van der Waals surface area contributed by atoms with Gasteiger partial charge in [-0.15, -0.1) is 0 Å². The van der Waals surface area contributed by atoms with Gasteiger partial charge in [0, 0.05) is 25.9 Å². The van der Waals surface area contributed by atoms with E-state index in [2.05, 4.69) is 20.6 Å². The number of hydrogen-bond acceptors (Lipinski definition) is 6. The Morgan fingerprint density at radius 3 is 3.00 bits per heavy atom. The molecule has 2 aromatic rings. The molecule has 0 aliphatic carbocycles. The maximum atomic E-state index is 11.2. The van der Waals surface area contributed by atoms with Gasteiger partial charge in [-0.05, 0) is 0 Å². The van der Waals surface area contributed by atoms with Crippen molar-refractivity contribution in [3.63, 3.8) is 0 Å². The van der Waals surface area contributed by atoms with Crippen LogP contribution in [-0.4, -0.2) is 32.9 Å². The van der Waals surface area contributed by atoms with Crippen LogP contribution in [0, 0.1) is 0 Å². The van der Waals surface area contributed by atoms with Crippen LogP contribution >= 0.6 is 0 Å². The van der Waals surface area contributed by atoms with E-state index in [-0.39, 0.29) is 11.7 Å². The molecule has 1 amide bonds. The summed E-state index contributed by atoms with van der Waals surface area (Å²) in [6, 6.07) is -0.588. The summed E-state index contributed by atoms with van der Waals surface area (Å²) >= 11 is 0. The fourth-order valence-corrected chi connectivity index (χ4v) is 1.31. The van der Waals surface area contributed by atoms with E-state index < -0.39 is 11.9 Å². The second-order valence-corrected chi connectivity index (χ2v) is 3.46. The second kappa shape index (κ2) is 4.34. The Balaban J connectivity index is 2.23. The summed E-state index contributed by atoms with van der Waals surface area (Å²) in [4.78, 5) is 15.2. The highest BCUT2D eigenvalue weighted by Crippen LogP contribution is 2.16. The number of nitrogens with two attached hydrogens (primary N) is 1. The number of aromatic nitrogens is 4. The van der Waals surface area contributed by atoms with Crippen molar-refractivity contribution in [3.05, 3.63) is 29.7 Å². The van der Waals surface area contributed by atoms with Crippen molar-refractivity contribution in [1.82, 2.24) is 25.2 Å². The van der Waals surface area contributed by atoms with Crippen molar-refractivity contribution in [2.75, 3.05) is 7.05 Å². The van der Waals surface area contributed by atoms with Crippen LogP contribution in [0.25, 0.3) is 0 Å². The predicted octanol–water partition coefficient (Wildman–Crippen LogP) is -0.789. The Morgan fingerprint density at radius 2 is 2.41 bits per heavy atom. The minimum Gasteiger partial charge on any atom is -0.352 e. The van der Waals surface area contributed by atoms with Crippen molar-refractivity contribution >= 4 is 5.91 Å². The predicted molar refractivity (Wildman–Crippen MR) is 56.9 cm³/mol. The van der Waals surface area contributed by atoms with Gasteiger partial charge in [0.2, 0.25) is 5.89 Å². The Hall–Kier alpha value is -2.22. The lowest BCUT2D eigenvalue weighted by atomic mass is 10.2. The molecule has 0 spiro atoms. The maximum Gasteiger partial charge on any atom is 0.292 e. The fraction of sp³-hybridized carbons (Fsp3) is 0.333. The number of nitrogens with zero attached hydrogens (tertiary/aromatic N) is 4. The Labute approximate surface area is 96.8 Å². The SMILES string of the molecule is CNC(=O)c1noc(C(N)c2cnn(C)c2)n1. The Morgan fingerprint density at radius 1 is 1.65 bits per heavy atom. The van der Waals surface area contributed by atoms with Crippen LogP contribution in [0.15, 0.2) is 16.9 Å². The molecule has 2 heterocycles. The first-order valence-electron chi connectivity index (χ1n) is 4.91. The largest absolute Gasteiger partial charge is 0.352 e. The van der Waals surface area contributed by atoms with Crippen LogP contribution in [-0.2, 0) is 7.05 Å². The zero-order valence-corrected chi connectivity index (χ0v) is 9.41. The lowest BCUT2D eigenvalue weighted by Gasteiger charge is -2.01. The van der Waals surface area contributed by atoms with E-state index in [9.17, 15) is 4.79 Å². The van der Waals surface area contributed by atoms with E-state index in [0.717, 1.165) is 5.56 Å². The number of amides is 1. The highest BCUT2D eigenvalue weighted by molar-refractivity contribution is 5.89. The molecular weight excluding hydrogens is 224 g/mol. The molecule has 0 aromatic carbocycles. The van der Waals surface area contributed by atoms with Crippen molar-refractivity contribution in [2.24, 2.45) is 12.8 Å². The molecule has 90 valence electrons. The summed E-state index contributed by atoms with van der Waals surface area (Å²) in [5.74, 6) is -0.281. The Kier molecular flexibility index (Phi) is 2.88. The minimum atomic E-state index is -0.588. The van der Waals surface area contributed by atoms with Crippen molar-refractivity contribution in [3.8, 4) is 0 Å². The van der Waals surface area contributed by atoms with E-state index in [1.807, 2.05) is 0 Å². The lowest BCUT2D eigenvalue weighted by molar-refractivity contribution is 0.0950. The topological polar surface area (TPSA) is 112 Å². The van der Waals surface area contributed by atoms with Crippen molar-refractivity contribution < 1.29 is 9.32 Å². The third-order valence-corrected chi connectivity index (χ3v) is 2.22. The average Bonchev–Trinajstić information content (AvgIpc) is 2.95. The number of carbonyl (C=O) groups is 1. The molecule has 8 nitrogen and oxygen atoms in total. The normalized spacial score (nSPS) is 12.4. The molecule has 0 aliphatic heterocycles. The van der Waals surface area contributed by atoms with Crippen LogP contribution in [0.2, 0.25) is 0 Å². The van der Waals surface area contributed by atoms with E-state index in [1.54, 1.807) is 24.1 Å². The van der Waals surface area contributed by atoms with Crippen molar-refractivity contribution in [1.29, 1.82) is 0 Å². The summed E-state index contributed by atoms with van der Waals surface area (Å²) < 4.78 is 6.55. The molecule has 0 fully saturated rings. The highest BCUT2D eigenvalue weighted by atomic mass is 16.5. The maximum absolute atomic E-state index is 11.2. The molecule has 0 saturated heterocycles. The van der Waals surface area contributed by atoms with Crippen LogP contribution < -0.4 is 11.1 Å². The van der Waals surface area contributed by atoms with E-state index in [4.69, 9.17) is 10.3 Å². The monoisotopic (exact) mass is 236 g/mol. The zero-order valence-electron chi connectivity index (χ0n) is 9.41. The van der Waals surface area contributed by atoms with Crippen LogP contribution in [0.4, 0.5) is 0 Å². The molecule has 1 atom stereocenters. The highest BCUT2D eigenvalue weighted by Gasteiger charge is 2.20. The number of rotatable bonds is 3. The second-order valence-electron chi connectivity index (χ2n) is 3.46. The molecule has 2 aromatic heterocycles. The molecule has 2 rings (SSSR count). The molecular formula is C9H12N6O2. The minimum absolute atomic E-state index is 0.0400. The van der Waals surface area contributed by atoms with Gasteiger partial charge >= 0.3 is 0 Å². The Bertz CT molecular complexity index is 531. The molecule has 1 unspecified atom stereocenters. The first-order valence-corrected chi connectivity index (χ1v) is 4.91. The van der Waals surface area contributed by atoms with Gasteiger partial charge in [0.1, 0.15) is 6.04 Å². The molecule has 17 heavy (non-hydrogen) atoms. The van der Waals surface area contributed by atoms with Gasteiger partial charge in [-0.1, -0.05) is 5.16 Å². The molecule has 0 radical (unpaired) electrons. The number of carbonyl (C=O) groups excluding carboxylic acids is 1. The van der Waals surface area contributed by atoms with Crippen LogP contribution in [0.1, 0.15) is 28.1 Å². The quantitative estimate of drug-likeness (QED) is 0.722. The summed E-state index contributed by atoms with van der Waals surface area (Å²) in [7, 11) is 3.26. The number of hydrogen-bond donors (Lipinski definition) is 2. The molecule has 0 saturated carbocycles. The first kappa shape index (κ1) is 11.3.